The number of hydrogen-bond donors (Lipinski definition) is 2. The number of piperidine rings is 2. The maximum atomic E-state index is 12.7. The normalized spacial score (nSPS) is 25.6. The highest BCUT2D eigenvalue weighted by molar-refractivity contribution is 5.85. The van der Waals surface area contributed by atoms with Crippen molar-refractivity contribution in [2.24, 2.45) is 23.0 Å². The third kappa shape index (κ3) is 6.31. The first kappa shape index (κ1) is 23.0. The van der Waals surface area contributed by atoms with Crippen molar-refractivity contribution in [3.8, 4) is 0 Å². The Balaban J connectivity index is 0.00000338. The molecule has 0 saturated carbocycles. The second-order valence-corrected chi connectivity index (χ2v) is 8.94. The molecule has 152 valence electrons. The minimum atomic E-state index is -0.0246. The molecule has 0 spiro atoms. The van der Waals surface area contributed by atoms with Crippen molar-refractivity contribution in [3.05, 3.63) is 0 Å². The highest BCUT2D eigenvalue weighted by Gasteiger charge is 2.36. The molecular weight excluding hydrogens is 352 g/mol. The van der Waals surface area contributed by atoms with Crippen LogP contribution in [0.1, 0.15) is 53.4 Å². The molecule has 7 heteroatoms. The average Bonchev–Trinajstić information content (AvgIpc) is 2.55. The zero-order chi connectivity index (χ0) is 18.6. The van der Waals surface area contributed by atoms with Crippen LogP contribution in [-0.4, -0.2) is 60.5 Å². The van der Waals surface area contributed by atoms with Gasteiger partial charge >= 0.3 is 6.03 Å². The van der Waals surface area contributed by atoms with Crippen molar-refractivity contribution in [2.45, 2.75) is 59.4 Å². The first-order valence-corrected chi connectivity index (χ1v) is 9.75. The SMILES string of the molecule is CC(C)CNC(=O)N1CCCC(CC(=O)N2CCC(N)C(C)(C)C2)C1.Cl. The van der Waals surface area contributed by atoms with Gasteiger partial charge in [-0.15, -0.1) is 12.4 Å². The topological polar surface area (TPSA) is 78.7 Å². The van der Waals surface area contributed by atoms with Gasteiger partial charge in [-0.1, -0.05) is 27.7 Å². The molecule has 2 fully saturated rings. The predicted octanol–water partition coefficient (Wildman–Crippen LogP) is 2.46. The summed E-state index contributed by atoms with van der Waals surface area (Å²) in [5.74, 6) is 0.930. The third-order valence-electron chi connectivity index (χ3n) is 5.60. The Morgan fingerprint density at radius 2 is 1.88 bits per heavy atom. The van der Waals surface area contributed by atoms with E-state index in [1.54, 1.807) is 0 Å². The molecule has 0 aromatic rings. The zero-order valence-corrected chi connectivity index (χ0v) is 17.6. The van der Waals surface area contributed by atoms with Gasteiger partial charge in [0.1, 0.15) is 0 Å². The smallest absolute Gasteiger partial charge is 0.317 e. The lowest BCUT2D eigenvalue weighted by Crippen LogP contribution is -2.54. The summed E-state index contributed by atoms with van der Waals surface area (Å²) in [5, 5.41) is 2.98. The van der Waals surface area contributed by atoms with Crippen molar-refractivity contribution >= 4 is 24.3 Å². The molecule has 2 rings (SSSR count). The van der Waals surface area contributed by atoms with Crippen LogP contribution < -0.4 is 11.1 Å². The van der Waals surface area contributed by atoms with Crippen molar-refractivity contribution in [2.75, 3.05) is 32.7 Å². The summed E-state index contributed by atoms with van der Waals surface area (Å²) in [5.41, 5.74) is 6.15. The Morgan fingerprint density at radius 3 is 2.50 bits per heavy atom. The van der Waals surface area contributed by atoms with Crippen LogP contribution in [0, 0.1) is 17.3 Å². The second kappa shape index (κ2) is 9.79. The quantitative estimate of drug-likeness (QED) is 0.776. The highest BCUT2D eigenvalue weighted by atomic mass is 35.5. The van der Waals surface area contributed by atoms with E-state index < -0.39 is 0 Å². The van der Waals surface area contributed by atoms with Gasteiger partial charge in [-0.3, -0.25) is 4.79 Å². The fourth-order valence-corrected chi connectivity index (χ4v) is 3.78. The molecule has 3 N–H and O–H groups in total. The Labute approximate surface area is 164 Å². The summed E-state index contributed by atoms with van der Waals surface area (Å²) in [4.78, 5) is 28.8. The minimum absolute atomic E-state index is 0. The van der Waals surface area contributed by atoms with E-state index in [0.29, 0.717) is 25.4 Å². The molecule has 0 aromatic heterocycles. The number of likely N-dealkylation sites (tertiary alicyclic amines) is 2. The summed E-state index contributed by atoms with van der Waals surface area (Å²) in [7, 11) is 0. The summed E-state index contributed by atoms with van der Waals surface area (Å²) in [6.07, 6.45) is 3.41. The van der Waals surface area contributed by atoms with Crippen LogP contribution >= 0.6 is 12.4 Å². The van der Waals surface area contributed by atoms with E-state index in [1.807, 2.05) is 9.80 Å². The Kier molecular flexibility index (Phi) is 8.67. The summed E-state index contributed by atoms with van der Waals surface area (Å²) in [6.45, 7) is 12.1. The standard InChI is InChI=1S/C19H36N4O2.ClH/c1-14(2)11-21-18(25)22-8-5-6-15(12-22)10-17(24)23-9-7-16(20)19(3,4)13-23;/h14-16H,5-13,20H2,1-4H3,(H,21,25);1H. The van der Waals surface area contributed by atoms with Gasteiger partial charge in [0.15, 0.2) is 0 Å². The molecule has 2 atom stereocenters. The van der Waals surface area contributed by atoms with E-state index in [9.17, 15) is 9.59 Å². The molecule has 2 unspecified atom stereocenters. The number of carbonyl (C=O) groups is 2. The molecule has 2 heterocycles. The lowest BCUT2D eigenvalue weighted by molar-refractivity contribution is -0.136. The van der Waals surface area contributed by atoms with Crippen LogP contribution in [0.25, 0.3) is 0 Å². The van der Waals surface area contributed by atoms with Crippen LogP contribution in [-0.2, 0) is 4.79 Å². The van der Waals surface area contributed by atoms with Gasteiger partial charge in [-0.25, -0.2) is 4.79 Å². The molecule has 2 saturated heterocycles. The van der Waals surface area contributed by atoms with E-state index in [4.69, 9.17) is 5.73 Å². The van der Waals surface area contributed by atoms with E-state index in [1.165, 1.54) is 0 Å². The van der Waals surface area contributed by atoms with Gasteiger partial charge in [0.25, 0.3) is 0 Å². The van der Waals surface area contributed by atoms with Gasteiger partial charge in [0, 0.05) is 45.2 Å². The Bertz CT molecular complexity index is 484. The first-order chi connectivity index (χ1) is 11.7. The van der Waals surface area contributed by atoms with E-state index in [-0.39, 0.29) is 41.7 Å². The van der Waals surface area contributed by atoms with Gasteiger partial charge in [0.2, 0.25) is 5.91 Å². The number of hydrogen-bond acceptors (Lipinski definition) is 3. The van der Waals surface area contributed by atoms with Gasteiger partial charge in [0.05, 0.1) is 0 Å². The van der Waals surface area contributed by atoms with Crippen LogP contribution in [0.2, 0.25) is 0 Å². The third-order valence-corrected chi connectivity index (χ3v) is 5.60. The molecular formula is C19H37ClN4O2. The van der Waals surface area contributed by atoms with Gasteiger partial charge in [-0.05, 0) is 36.5 Å². The highest BCUT2D eigenvalue weighted by Crippen LogP contribution is 2.29. The predicted molar refractivity (Wildman–Crippen MR) is 107 cm³/mol. The molecule has 0 bridgehead atoms. The number of carbonyl (C=O) groups excluding carboxylic acids is 2. The summed E-state index contributed by atoms with van der Waals surface area (Å²) >= 11 is 0. The number of nitrogens with zero attached hydrogens (tertiary/aromatic N) is 2. The second-order valence-electron chi connectivity index (χ2n) is 8.94. The minimum Gasteiger partial charge on any atom is -0.342 e. The average molecular weight is 389 g/mol. The van der Waals surface area contributed by atoms with Crippen LogP contribution in [0.5, 0.6) is 0 Å². The zero-order valence-electron chi connectivity index (χ0n) is 16.8. The van der Waals surface area contributed by atoms with Crippen molar-refractivity contribution < 1.29 is 9.59 Å². The Morgan fingerprint density at radius 1 is 1.19 bits per heavy atom. The largest absolute Gasteiger partial charge is 0.342 e. The van der Waals surface area contributed by atoms with E-state index >= 15 is 0 Å². The van der Waals surface area contributed by atoms with E-state index in [0.717, 1.165) is 38.9 Å². The molecule has 2 aliphatic rings. The Hall–Kier alpha value is -1.01. The lowest BCUT2D eigenvalue weighted by Gasteiger charge is -2.43. The monoisotopic (exact) mass is 388 g/mol. The molecule has 6 nitrogen and oxygen atoms in total. The number of rotatable bonds is 4. The molecule has 3 amide bonds. The van der Waals surface area contributed by atoms with Crippen molar-refractivity contribution in [1.82, 2.24) is 15.1 Å². The van der Waals surface area contributed by atoms with Crippen LogP contribution in [0.4, 0.5) is 4.79 Å². The van der Waals surface area contributed by atoms with Gasteiger partial charge in [-0.2, -0.15) is 0 Å². The van der Waals surface area contributed by atoms with Gasteiger partial charge < -0.3 is 20.9 Å². The van der Waals surface area contributed by atoms with Crippen molar-refractivity contribution in [1.29, 1.82) is 0 Å². The van der Waals surface area contributed by atoms with Crippen molar-refractivity contribution in [3.63, 3.8) is 0 Å². The molecule has 0 aromatic carbocycles. The van der Waals surface area contributed by atoms with Crippen LogP contribution in [0.3, 0.4) is 0 Å². The van der Waals surface area contributed by atoms with E-state index in [2.05, 4.69) is 33.0 Å². The number of halogens is 1. The fourth-order valence-electron chi connectivity index (χ4n) is 3.78. The molecule has 2 aliphatic heterocycles. The summed E-state index contributed by atoms with van der Waals surface area (Å²) in [6, 6.07) is 0.169. The first-order valence-electron chi connectivity index (χ1n) is 9.75. The molecule has 0 aliphatic carbocycles. The number of amides is 3. The number of nitrogens with two attached hydrogens (primary N) is 1. The molecule has 26 heavy (non-hydrogen) atoms. The van der Waals surface area contributed by atoms with Crippen LogP contribution in [0.15, 0.2) is 0 Å². The molecule has 0 radical (unpaired) electrons. The number of nitrogens with one attached hydrogen (secondary N) is 1. The maximum Gasteiger partial charge on any atom is 0.317 e. The summed E-state index contributed by atoms with van der Waals surface area (Å²) < 4.78 is 0. The number of urea groups is 1. The lowest BCUT2D eigenvalue weighted by atomic mass is 9.79. The fraction of sp³-hybridized carbons (Fsp3) is 0.895. The maximum absolute atomic E-state index is 12.7.